The number of ether oxygens (including phenoxy) is 1. The Hall–Kier alpha value is -1.08. The van der Waals surface area contributed by atoms with Crippen molar-refractivity contribution in [2.75, 3.05) is 33.4 Å². The van der Waals surface area contributed by atoms with Gasteiger partial charge in [0.2, 0.25) is 11.8 Å². The van der Waals surface area contributed by atoms with Gasteiger partial charge < -0.3 is 10.1 Å². The molecule has 0 aromatic rings. The molecule has 0 aromatic carbocycles. The van der Waals surface area contributed by atoms with Crippen LogP contribution in [0.1, 0.15) is 19.3 Å². The normalized spacial score (nSPS) is 22.2. The molecule has 0 aliphatic carbocycles. The standard InChI is InChI=1S/C12H19N3O3S/c1-18-7-3-5-13-10(16)8-9-11(17)15-6-2-4-14-12(15)19-9/h9H,2-8H2,1H3,(H,13,16). The average Bonchev–Trinajstić information content (AvgIpc) is 2.72. The Morgan fingerprint density at radius 3 is 3.21 bits per heavy atom. The Morgan fingerprint density at radius 2 is 2.47 bits per heavy atom. The summed E-state index contributed by atoms with van der Waals surface area (Å²) >= 11 is 1.42. The Kier molecular flexibility index (Phi) is 5.21. The zero-order chi connectivity index (χ0) is 13.7. The highest BCUT2D eigenvalue weighted by atomic mass is 32.2. The van der Waals surface area contributed by atoms with E-state index in [0.29, 0.717) is 13.2 Å². The monoisotopic (exact) mass is 285 g/mol. The molecule has 0 radical (unpaired) electrons. The molecule has 1 fully saturated rings. The van der Waals surface area contributed by atoms with Crippen molar-refractivity contribution in [2.45, 2.75) is 24.5 Å². The van der Waals surface area contributed by atoms with Gasteiger partial charge in [0.05, 0.1) is 0 Å². The average molecular weight is 285 g/mol. The van der Waals surface area contributed by atoms with Crippen LogP contribution in [0.3, 0.4) is 0 Å². The van der Waals surface area contributed by atoms with Crippen molar-refractivity contribution in [3.05, 3.63) is 0 Å². The van der Waals surface area contributed by atoms with Gasteiger partial charge >= 0.3 is 0 Å². The van der Waals surface area contributed by atoms with E-state index in [2.05, 4.69) is 10.3 Å². The number of nitrogens with zero attached hydrogens (tertiary/aromatic N) is 2. The smallest absolute Gasteiger partial charge is 0.242 e. The van der Waals surface area contributed by atoms with Gasteiger partial charge in [-0.3, -0.25) is 19.5 Å². The molecule has 2 aliphatic rings. The number of carbonyl (C=O) groups is 2. The molecular weight excluding hydrogens is 266 g/mol. The predicted molar refractivity (Wildman–Crippen MR) is 74.1 cm³/mol. The second-order valence-corrected chi connectivity index (χ2v) is 5.68. The van der Waals surface area contributed by atoms with E-state index in [1.54, 1.807) is 12.0 Å². The van der Waals surface area contributed by atoms with E-state index in [9.17, 15) is 9.59 Å². The van der Waals surface area contributed by atoms with Gasteiger partial charge in [0.25, 0.3) is 0 Å². The molecule has 1 atom stereocenters. The largest absolute Gasteiger partial charge is 0.385 e. The van der Waals surface area contributed by atoms with Crippen LogP contribution in [-0.2, 0) is 14.3 Å². The minimum absolute atomic E-state index is 0.0236. The van der Waals surface area contributed by atoms with Crippen LogP contribution in [0.2, 0.25) is 0 Å². The Morgan fingerprint density at radius 1 is 1.63 bits per heavy atom. The molecule has 0 saturated carbocycles. The lowest BCUT2D eigenvalue weighted by Gasteiger charge is -2.19. The predicted octanol–water partition coefficient (Wildman–Crippen LogP) is 0.233. The molecular formula is C12H19N3O3S. The summed E-state index contributed by atoms with van der Waals surface area (Å²) < 4.78 is 4.91. The van der Waals surface area contributed by atoms with Crippen molar-refractivity contribution in [1.29, 1.82) is 0 Å². The maximum absolute atomic E-state index is 12.1. The number of nitrogens with one attached hydrogen (secondary N) is 1. The Labute approximate surface area is 117 Å². The second-order valence-electron chi connectivity index (χ2n) is 4.51. The fourth-order valence-electron chi connectivity index (χ4n) is 2.06. The highest BCUT2D eigenvalue weighted by molar-refractivity contribution is 8.15. The van der Waals surface area contributed by atoms with E-state index in [1.165, 1.54) is 11.8 Å². The first-order valence-corrected chi connectivity index (χ1v) is 7.38. The number of aliphatic imine (C=N–C) groups is 1. The van der Waals surface area contributed by atoms with Gasteiger partial charge in [0.15, 0.2) is 5.17 Å². The molecule has 0 spiro atoms. The van der Waals surface area contributed by atoms with Gasteiger partial charge in [-0.15, -0.1) is 0 Å². The lowest BCUT2D eigenvalue weighted by atomic mass is 10.2. The van der Waals surface area contributed by atoms with Gasteiger partial charge in [-0.25, -0.2) is 0 Å². The van der Waals surface area contributed by atoms with Gasteiger partial charge in [-0.2, -0.15) is 0 Å². The number of hydrogen-bond donors (Lipinski definition) is 1. The van der Waals surface area contributed by atoms with Crippen molar-refractivity contribution >= 4 is 28.7 Å². The summed E-state index contributed by atoms with van der Waals surface area (Å²) in [7, 11) is 1.63. The molecule has 106 valence electrons. The fraction of sp³-hybridized carbons (Fsp3) is 0.750. The first-order valence-electron chi connectivity index (χ1n) is 6.50. The third kappa shape index (κ3) is 3.70. The molecule has 2 rings (SSSR count). The molecule has 2 aliphatic heterocycles. The van der Waals surface area contributed by atoms with Gasteiger partial charge in [0.1, 0.15) is 5.25 Å². The van der Waals surface area contributed by atoms with Gasteiger partial charge in [-0.1, -0.05) is 11.8 Å². The summed E-state index contributed by atoms with van der Waals surface area (Å²) in [6.07, 6.45) is 1.92. The first-order chi connectivity index (χ1) is 9.22. The number of methoxy groups -OCH3 is 1. The molecule has 2 amide bonds. The first kappa shape index (κ1) is 14.3. The van der Waals surface area contributed by atoms with Crippen LogP contribution < -0.4 is 5.32 Å². The van der Waals surface area contributed by atoms with Crippen molar-refractivity contribution < 1.29 is 14.3 Å². The number of hydrogen-bond acceptors (Lipinski definition) is 5. The number of rotatable bonds is 6. The molecule has 0 aromatic heterocycles. The van der Waals surface area contributed by atoms with Crippen LogP contribution >= 0.6 is 11.8 Å². The summed E-state index contributed by atoms with van der Waals surface area (Å²) in [4.78, 5) is 29.8. The van der Waals surface area contributed by atoms with Crippen LogP contribution in [0.4, 0.5) is 0 Å². The van der Waals surface area contributed by atoms with E-state index in [-0.39, 0.29) is 23.5 Å². The number of thioether (sulfide) groups is 1. The molecule has 6 nitrogen and oxygen atoms in total. The summed E-state index contributed by atoms with van der Waals surface area (Å²) in [5.74, 6) is -0.0575. The van der Waals surface area contributed by atoms with E-state index >= 15 is 0 Å². The number of amides is 2. The van der Waals surface area contributed by atoms with Crippen molar-refractivity contribution in [3.8, 4) is 0 Å². The highest BCUT2D eigenvalue weighted by Gasteiger charge is 2.39. The van der Waals surface area contributed by atoms with Crippen LogP contribution in [0, 0.1) is 0 Å². The van der Waals surface area contributed by atoms with Crippen LogP contribution in [-0.4, -0.2) is 60.5 Å². The molecule has 0 bridgehead atoms. The second kappa shape index (κ2) is 6.91. The number of fused-ring (bicyclic) bond motifs is 1. The molecule has 1 N–H and O–H groups in total. The number of carbonyl (C=O) groups excluding carboxylic acids is 2. The Bertz CT molecular complexity index is 386. The molecule has 7 heteroatoms. The minimum atomic E-state index is -0.306. The SMILES string of the molecule is COCCCNC(=O)CC1SC2=NCCCN2C1=O. The topological polar surface area (TPSA) is 71.0 Å². The fourth-order valence-corrected chi connectivity index (χ4v) is 3.25. The van der Waals surface area contributed by atoms with Crippen molar-refractivity contribution in [1.82, 2.24) is 10.2 Å². The summed E-state index contributed by atoms with van der Waals surface area (Å²) in [5.41, 5.74) is 0. The van der Waals surface area contributed by atoms with Crippen molar-refractivity contribution in [3.63, 3.8) is 0 Å². The van der Waals surface area contributed by atoms with Crippen LogP contribution in [0.15, 0.2) is 4.99 Å². The quantitative estimate of drug-likeness (QED) is 0.709. The minimum Gasteiger partial charge on any atom is -0.385 e. The molecule has 1 saturated heterocycles. The van der Waals surface area contributed by atoms with Crippen molar-refractivity contribution in [2.24, 2.45) is 4.99 Å². The lowest BCUT2D eigenvalue weighted by Crippen LogP contribution is -2.37. The lowest BCUT2D eigenvalue weighted by molar-refractivity contribution is -0.129. The number of amidine groups is 1. The molecule has 2 heterocycles. The summed E-state index contributed by atoms with van der Waals surface area (Å²) in [6.45, 7) is 2.73. The highest BCUT2D eigenvalue weighted by Crippen LogP contribution is 2.31. The molecule has 1 unspecified atom stereocenters. The van der Waals surface area contributed by atoms with Gasteiger partial charge in [-0.05, 0) is 12.8 Å². The van der Waals surface area contributed by atoms with Crippen LogP contribution in [0.25, 0.3) is 0 Å². The van der Waals surface area contributed by atoms with Gasteiger partial charge in [0, 0.05) is 39.8 Å². The maximum Gasteiger partial charge on any atom is 0.242 e. The third-order valence-corrected chi connectivity index (χ3v) is 4.24. The Balaban J connectivity index is 1.77. The van der Waals surface area contributed by atoms with E-state index < -0.39 is 0 Å². The zero-order valence-corrected chi connectivity index (χ0v) is 11.9. The maximum atomic E-state index is 12.1. The van der Waals surface area contributed by atoms with E-state index in [4.69, 9.17) is 4.74 Å². The molecule has 19 heavy (non-hydrogen) atoms. The third-order valence-electron chi connectivity index (χ3n) is 3.03. The summed E-state index contributed by atoms with van der Waals surface area (Å²) in [6, 6.07) is 0. The summed E-state index contributed by atoms with van der Waals surface area (Å²) in [5, 5.41) is 3.28. The van der Waals surface area contributed by atoms with E-state index in [0.717, 1.165) is 31.1 Å². The van der Waals surface area contributed by atoms with Crippen LogP contribution in [0.5, 0.6) is 0 Å². The zero-order valence-electron chi connectivity index (χ0n) is 11.1. The van der Waals surface area contributed by atoms with E-state index in [1.807, 2.05) is 0 Å².